The normalized spacial score (nSPS) is 49.8. The number of hydrogen-bond donors (Lipinski definition) is 3. The molecule has 4 aliphatic carbocycles. The number of ether oxygens (including phenoxy) is 13. The van der Waals surface area contributed by atoms with Crippen LogP contribution in [0.15, 0.2) is 23.3 Å². The molecule has 4 aliphatic heterocycles. The van der Waals surface area contributed by atoms with Gasteiger partial charge in [0.1, 0.15) is 48.5 Å². The molecule has 0 aromatic rings. The Morgan fingerprint density at radius 2 is 1.21 bits per heavy atom. The van der Waals surface area contributed by atoms with Crippen LogP contribution in [0.1, 0.15) is 127 Å². The highest BCUT2D eigenvalue weighted by molar-refractivity contribution is 5.88. The number of methoxy groups -OCH3 is 4. The van der Waals surface area contributed by atoms with E-state index in [0.29, 0.717) is 50.5 Å². The van der Waals surface area contributed by atoms with Crippen LogP contribution in [0, 0.1) is 28.6 Å². The summed E-state index contributed by atoms with van der Waals surface area (Å²) in [5, 5.41) is 34.2. The minimum absolute atomic E-state index is 0.0373. The van der Waals surface area contributed by atoms with Crippen LogP contribution in [-0.2, 0) is 71.2 Å². The number of fused-ring (bicyclic) bond motifs is 5. The van der Waals surface area contributed by atoms with E-state index in [1.54, 1.807) is 48.2 Å². The second-order valence-corrected chi connectivity index (χ2v) is 22.6. The van der Waals surface area contributed by atoms with E-state index < -0.39 is 121 Å². The lowest BCUT2D eigenvalue weighted by Crippen LogP contribution is -2.66. The van der Waals surface area contributed by atoms with Crippen molar-refractivity contribution in [2.45, 2.75) is 249 Å². The fourth-order valence-electron chi connectivity index (χ4n) is 14.5. The maximum Gasteiger partial charge on any atom is 0.333 e. The number of Topliss-reactive ketones (excluding diaryl/α,β-unsaturated/α-hetero) is 1. The van der Waals surface area contributed by atoms with Gasteiger partial charge in [-0.1, -0.05) is 31.6 Å². The van der Waals surface area contributed by atoms with E-state index in [9.17, 15) is 24.9 Å². The highest BCUT2D eigenvalue weighted by Gasteiger charge is 2.71. The maximum absolute atomic E-state index is 13.4. The number of esters is 1. The number of allylic oxidation sites excluding steroid dienone is 2. The van der Waals surface area contributed by atoms with Crippen molar-refractivity contribution in [3.8, 4) is 0 Å². The molecule has 0 aromatic carbocycles. The van der Waals surface area contributed by atoms with Crippen molar-refractivity contribution in [3.05, 3.63) is 23.3 Å². The summed E-state index contributed by atoms with van der Waals surface area (Å²) in [7, 11) is 6.32. The molecule has 0 radical (unpaired) electrons. The van der Waals surface area contributed by atoms with Crippen molar-refractivity contribution in [1.82, 2.24) is 0 Å². The predicted octanol–water partition coefficient (Wildman–Crippen LogP) is 5.23. The van der Waals surface area contributed by atoms with Crippen LogP contribution < -0.4 is 0 Å². The maximum atomic E-state index is 13.4. The zero-order chi connectivity index (χ0) is 52.2. The van der Waals surface area contributed by atoms with E-state index in [0.717, 1.165) is 19.3 Å². The summed E-state index contributed by atoms with van der Waals surface area (Å²) in [5.41, 5.74) is -0.464. The number of carbonyl (C=O) groups is 2. The number of aliphatic hydroxyl groups is 3. The number of rotatable bonds is 15. The standard InChI is InChI=1S/C54H86O18/c1-14-26(2)50(58)69-40-22-36-35(54(59)20-18-34(27(3)55)53(40,54)9)16-15-32-21-33(17-19-52(32,36)8)68-41-23-37(60-10)46(29(5)64-41)70-42-24-38(61-11)47(30(6)65-42)71-43-25-39(62-12)48(31(7)66-43)72-51-45(57)49(63-13)44(56)28(4)67-51/h14-15,28-31,33-49,51,56-57,59H,16-25H2,1-13H3/b26-14+/t28-,29-,30-,31-,33+,34-,35-,36+,37+,38+,39-,40-,41+,42+,43+,44-,45-,46-,47-,48-,49+,51+,52+,53+,54+/m1/s1. The summed E-state index contributed by atoms with van der Waals surface area (Å²) in [6.07, 6.45) is -1.66. The average molecular weight is 1020 g/mol. The Balaban J connectivity index is 0.857. The number of hydrogen-bond acceptors (Lipinski definition) is 18. The van der Waals surface area contributed by atoms with Gasteiger partial charge in [0.15, 0.2) is 25.2 Å². The van der Waals surface area contributed by atoms with Crippen molar-refractivity contribution in [2.24, 2.45) is 28.6 Å². The highest BCUT2D eigenvalue weighted by Crippen LogP contribution is 2.68. The first kappa shape index (κ1) is 56.2. The van der Waals surface area contributed by atoms with Gasteiger partial charge >= 0.3 is 5.97 Å². The van der Waals surface area contributed by atoms with Gasteiger partial charge in [0, 0.05) is 64.6 Å². The molecule has 0 spiro atoms. The number of ketones is 1. The molecule has 4 saturated heterocycles. The van der Waals surface area contributed by atoms with Crippen molar-refractivity contribution in [1.29, 1.82) is 0 Å². The monoisotopic (exact) mass is 1020 g/mol. The van der Waals surface area contributed by atoms with E-state index >= 15 is 0 Å². The third-order valence-corrected chi connectivity index (χ3v) is 18.9. The molecule has 0 unspecified atom stereocenters. The summed E-state index contributed by atoms with van der Waals surface area (Å²) < 4.78 is 81.2. The molecule has 0 bridgehead atoms. The fraction of sp³-hybridized carbons (Fsp3) is 0.889. The molecule has 72 heavy (non-hydrogen) atoms. The summed E-state index contributed by atoms with van der Waals surface area (Å²) in [6, 6.07) is 0. The van der Waals surface area contributed by atoms with Gasteiger partial charge < -0.3 is 76.9 Å². The summed E-state index contributed by atoms with van der Waals surface area (Å²) in [5.74, 6) is -0.749. The van der Waals surface area contributed by atoms with Crippen molar-refractivity contribution >= 4 is 11.8 Å². The van der Waals surface area contributed by atoms with Gasteiger partial charge in [0.2, 0.25) is 0 Å². The van der Waals surface area contributed by atoms with Crippen LogP contribution in [0.2, 0.25) is 0 Å². The predicted molar refractivity (Wildman–Crippen MR) is 258 cm³/mol. The van der Waals surface area contributed by atoms with E-state index in [1.165, 1.54) is 12.7 Å². The third kappa shape index (κ3) is 10.3. The summed E-state index contributed by atoms with van der Waals surface area (Å²) in [4.78, 5) is 26.5. The van der Waals surface area contributed by atoms with Crippen molar-refractivity contribution < 1.29 is 86.5 Å². The van der Waals surface area contributed by atoms with E-state index in [-0.39, 0.29) is 41.2 Å². The minimum Gasteiger partial charge on any atom is -0.458 e. The Hall–Kier alpha value is -1.98. The molecular weight excluding hydrogens is 937 g/mol. The Bertz CT molecular complexity index is 1950. The molecule has 0 amide bonds. The van der Waals surface area contributed by atoms with E-state index in [4.69, 9.17) is 61.6 Å². The number of carbonyl (C=O) groups excluding carboxylic acids is 2. The van der Waals surface area contributed by atoms with Crippen LogP contribution in [0.25, 0.3) is 0 Å². The van der Waals surface area contributed by atoms with Crippen molar-refractivity contribution in [3.63, 3.8) is 0 Å². The largest absolute Gasteiger partial charge is 0.458 e. The Morgan fingerprint density at radius 1 is 0.667 bits per heavy atom. The highest BCUT2D eigenvalue weighted by atomic mass is 16.8. The van der Waals surface area contributed by atoms with Gasteiger partial charge in [-0.3, -0.25) is 4.79 Å². The topological polar surface area (TPSA) is 215 Å². The fourth-order valence-corrected chi connectivity index (χ4v) is 14.5. The van der Waals surface area contributed by atoms with Crippen LogP contribution in [0.3, 0.4) is 0 Å². The minimum atomic E-state index is -1.23. The molecule has 7 fully saturated rings. The first-order chi connectivity index (χ1) is 34.1. The Labute approximate surface area is 426 Å². The number of aliphatic hydroxyl groups excluding tert-OH is 2. The van der Waals surface area contributed by atoms with Gasteiger partial charge in [-0.15, -0.1) is 0 Å². The molecule has 0 aromatic heterocycles. The van der Waals surface area contributed by atoms with Gasteiger partial charge in [0.05, 0.1) is 54.4 Å². The molecular formula is C54H86O18. The molecule has 8 aliphatic rings. The van der Waals surface area contributed by atoms with E-state index in [1.807, 2.05) is 34.6 Å². The molecule has 18 heteroatoms. The lowest BCUT2D eigenvalue weighted by Gasteiger charge is -2.63. The molecule has 18 nitrogen and oxygen atoms in total. The lowest BCUT2D eigenvalue weighted by molar-refractivity contribution is -0.355. The van der Waals surface area contributed by atoms with Gasteiger partial charge in [-0.05, 0) is 111 Å². The zero-order valence-corrected chi connectivity index (χ0v) is 44.9. The average Bonchev–Trinajstić information content (AvgIpc) is 3.64. The Morgan fingerprint density at radius 3 is 1.72 bits per heavy atom. The second-order valence-electron chi connectivity index (χ2n) is 22.6. The van der Waals surface area contributed by atoms with Crippen LogP contribution in [0.5, 0.6) is 0 Å². The molecule has 25 atom stereocenters. The summed E-state index contributed by atoms with van der Waals surface area (Å²) in [6.45, 7) is 16.9. The first-order valence-corrected chi connectivity index (χ1v) is 26.6. The molecule has 4 heterocycles. The quantitative estimate of drug-likeness (QED) is 0.109. The summed E-state index contributed by atoms with van der Waals surface area (Å²) >= 11 is 0. The van der Waals surface area contributed by atoms with Crippen molar-refractivity contribution in [2.75, 3.05) is 28.4 Å². The lowest BCUT2D eigenvalue weighted by atomic mass is 9.45. The first-order valence-electron chi connectivity index (χ1n) is 26.6. The van der Waals surface area contributed by atoms with Crippen LogP contribution >= 0.6 is 0 Å². The van der Waals surface area contributed by atoms with Crippen LogP contribution in [-0.4, -0.2) is 178 Å². The second kappa shape index (κ2) is 22.5. The van der Waals surface area contributed by atoms with Gasteiger partial charge in [0.25, 0.3) is 0 Å². The molecule has 3 saturated carbocycles. The van der Waals surface area contributed by atoms with E-state index in [2.05, 4.69) is 13.0 Å². The molecule has 410 valence electrons. The molecule has 8 rings (SSSR count). The molecule has 3 N–H and O–H groups in total. The van der Waals surface area contributed by atoms with Gasteiger partial charge in [-0.2, -0.15) is 0 Å². The smallest absolute Gasteiger partial charge is 0.333 e. The Kier molecular flexibility index (Phi) is 17.6. The van der Waals surface area contributed by atoms with Crippen LogP contribution in [0.4, 0.5) is 0 Å². The third-order valence-electron chi connectivity index (χ3n) is 18.9. The SMILES string of the molecule is C/C=C(\C)C(=O)O[C@@H]1C[C@H]2[C@@H](CC=C3C[C@@H](O[C@H]4C[C@H](OC)[C@H](O[C@H]5C[C@H](OC)[C@H](O[C@H]6C[C@@H](OC)[C@H](O[C@@H]7O[C@H](C)[C@@H](O)[C@H](OC)[C@H]7O)[C@@H](C)O6)[C@@H](C)O5)[C@@H](C)O4)CC[C@@]32C)[C@@]2(O)CC[C@H](C(C)=O)[C@@]12C. The van der Waals surface area contributed by atoms with Gasteiger partial charge in [-0.25, -0.2) is 4.79 Å². The zero-order valence-electron chi connectivity index (χ0n) is 44.9.